The fourth-order valence-corrected chi connectivity index (χ4v) is 2.76. The topological polar surface area (TPSA) is 84.5 Å². The fourth-order valence-electron chi connectivity index (χ4n) is 2.76. The maximum atomic E-state index is 12.5. The largest absolute Gasteiger partial charge is 0.344 e. The molecule has 1 aliphatic rings. The Hall–Kier alpha value is -3.01. The van der Waals surface area contributed by atoms with Crippen LogP contribution in [0.15, 0.2) is 47.0 Å². The highest BCUT2D eigenvalue weighted by molar-refractivity contribution is 5.77. The van der Waals surface area contributed by atoms with Crippen LogP contribution in [0.2, 0.25) is 0 Å². The highest BCUT2D eigenvalue weighted by Crippen LogP contribution is 2.37. The van der Waals surface area contributed by atoms with Gasteiger partial charge in [0.2, 0.25) is 5.91 Å². The summed E-state index contributed by atoms with van der Waals surface area (Å²) >= 11 is 0. The SMILES string of the molecule is C#CCCC1(CCC(=O)NC(c2cccnc2)c2ccnn2C)N=N1. The average Bonchev–Trinajstić information content (AvgIpc) is 3.29. The normalized spacial score (nSPS) is 15.4. The summed E-state index contributed by atoms with van der Waals surface area (Å²) in [6.07, 6.45) is 12.7. The summed E-state index contributed by atoms with van der Waals surface area (Å²) in [5.74, 6) is 2.53. The zero-order chi connectivity index (χ0) is 17.7. The first-order valence-electron chi connectivity index (χ1n) is 8.18. The molecule has 1 aliphatic heterocycles. The molecule has 1 amide bonds. The van der Waals surface area contributed by atoms with Gasteiger partial charge in [-0.05, 0) is 17.7 Å². The summed E-state index contributed by atoms with van der Waals surface area (Å²) < 4.78 is 1.75. The van der Waals surface area contributed by atoms with Gasteiger partial charge in [-0.25, -0.2) is 0 Å². The number of rotatable bonds is 8. The Balaban J connectivity index is 1.66. The monoisotopic (exact) mass is 336 g/mol. The fraction of sp³-hybridized carbons (Fsp3) is 0.389. The first kappa shape index (κ1) is 16.8. The summed E-state index contributed by atoms with van der Waals surface area (Å²) in [7, 11) is 1.85. The molecule has 2 aromatic rings. The second-order valence-electron chi connectivity index (χ2n) is 6.05. The quantitative estimate of drug-likeness (QED) is 0.751. The number of terminal acetylenes is 1. The minimum absolute atomic E-state index is 0.0626. The van der Waals surface area contributed by atoms with E-state index in [0.717, 1.165) is 11.3 Å². The van der Waals surface area contributed by atoms with Crippen LogP contribution in [-0.4, -0.2) is 26.3 Å². The van der Waals surface area contributed by atoms with Crippen molar-refractivity contribution in [1.82, 2.24) is 20.1 Å². The van der Waals surface area contributed by atoms with Crippen molar-refractivity contribution in [3.05, 3.63) is 48.0 Å². The molecule has 0 fully saturated rings. The molecular formula is C18H20N6O. The van der Waals surface area contributed by atoms with E-state index in [1.807, 2.05) is 25.2 Å². The Morgan fingerprint density at radius 1 is 1.36 bits per heavy atom. The van der Waals surface area contributed by atoms with Gasteiger partial charge in [-0.2, -0.15) is 15.3 Å². The predicted octanol–water partition coefficient (Wildman–Crippen LogP) is 2.38. The number of carbonyl (C=O) groups is 1. The molecule has 7 nitrogen and oxygen atoms in total. The Labute approximate surface area is 146 Å². The predicted molar refractivity (Wildman–Crippen MR) is 92.3 cm³/mol. The first-order valence-corrected chi connectivity index (χ1v) is 8.18. The third kappa shape index (κ3) is 4.10. The lowest BCUT2D eigenvalue weighted by atomic mass is 10.0. The maximum absolute atomic E-state index is 12.5. The Kier molecular flexibility index (Phi) is 4.89. The summed E-state index contributed by atoms with van der Waals surface area (Å²) in [4.78, 5) is 16.6. The molecule has 1 unspecified atom stereocenters. The zero-order valence-electron chi connectivity index (χ0n) is 14.1. The molecule has 1 N–H and O–H groups in total. The van der Waals surface area contributed by atoms with Gasteiger partial charge in [-0.3, -0.25) is 14.5 Å². The van der Waals surface area contributed by atoms with Gasteiger partial charge in [0.1, 0.15) is 0 Å². The number of nitrogens with zero attached hydrogens (tertiary/aromatic N) is 5. The van der Waals surface area contributed by atoms with Crippen LogP contribution in [0, 0.1) is 12.3 Å². The second kappa shape index (κ2) is 7.26. The number of hydrogen-bond acceptors (Lipinski definition) is 5. The van der Waals surface area contributed by atoms with Crippen LogP contribution in [0.1, 0.15) is 43.0 Å². The van der Waals surface area contributed by atoms with E-state index in [9.17, 15) is 4.79 Å². The van der Waals surface area contributed by atoms with E-state index in [-0.39, 0.29) is 11.9 Å². The number of amides is 1. The molecule has 7 heteroatoms. The number of carbonyl (C=O) groups excluding carboxylic acids is 1. The minimum atomic E-state index is -0.444. The van der Waals surface area contributed by atoms with Gasteiger partial charge in [-0.1, -0.05) is 6.07 Å². The van der Waals surface area contributed by atoms with E-state index in [1.165, 1.54) is 0 Å². The number of pyridine rings is 1. The van der Waals surface area contributed by atoms with Gasteiger partial charge in [0.25, 0.3) is 0 Å². The van der Waals surface area contributed by atoms with Crippen LogP contribution in [0.25, 0.3) is 0 Å². The molecule has 3 rings (SSSR count). The molecule has 0 aliphatic carbocycles. The van der Waals surface area contributed by atoms with Crippen molar-refractivity contribution in [1.29, 1.82) is 0 Å². The molecule has 2 aromatic heterocycles. The molecule has 0 bridgehead atoms. The summed E-state index contributed by atoms with van der Waals surface area (Å²) in [6, 6.07) is 5.37. The van der Waals surface area contributed by atoms with Crippen LogP contribution < -0.4 is 5.32 Å². The van der Waals surface area contributed by atoms with Gasteiger partial charge in [0.05, 0.1) is 11.7 Å². The highest BCUT2D eigenvalue weighted by Gasteiger charge is 2.39. The molecule has 3 heterocycles. The molecule has 25 heavy (non-hydrogen) atoms. The molecule has 0 radical (unpaired) electrons. The maximum Gasteiger partial charge on any atom is 0.220 e. The lowest BCUT2D eigenvalue weighted by Gasteiger charge is -2.19. The molecule has 0 saturated heterocycles. The standard InChI is InChI=1S/C18H20N6O/c1-3-4-9-18(22-23-18)10-7-16(25)21-17(14-6-5-11-19-13-14)15-8-12-20-24(15)2/h1,5-6,8,11-13,17H,4,7,9-10H2,2H3,(H,21,25). The molecule has 128 valence electrons. The first-order chi connectivity index (χ1) is 12.1. The van der Waals surface area contributed by atoms with Gasteiger partial charge < -0.3 is 5.32 Å². The molecular weight excluding hydrogens is 316 g/mol. The number of hydrogen-bond donors (Lipinski definition) is 1. The van der Waals surface area contributed by atoms with Crippen molar-refractivity contribution in [3.63, 3.8) is 0 Å². The third-order valence-corrected chi connectivity index (χ3v) is 4.28. The molecule has 0 aromatic carbocycles. The number of aromatic nitrogens is 3. The van der Waals surface area contributed by atoms with Crippen LogP contribution in [0.4, 0.5) is 0 Å². The number of nitrogens with one attached hydrogen (secondary N) is 1. The van der Waals surface area contributed by atoms with E-state index in [0.29, 0.717) is 25.7 Å². The zero-order valence-corrected chi connectivity index (χ0v) is 14.1. The Morgan fingerprint density at radius 2 is 2.20 bits per heavy atom. The van der Waals surface area contributed by atoms with Crippen molar-refractivity contribution in [2.24, 2.45) is 17.3 Å². The second-order valence-corrected chi connectivity index (χ2v) is 6.05. The van der Waals surface area contributed by atoms with E-state index in [2.05, 4.69) is 31.5 Å². The summed E-state index contributed by atoms with van der Waals surface area (Å²) in [6.45, 7) is 0. The van der Waals surface area contributed by atoms with Crippen LogP contribution in [-0.2, 0) is 11.8 Å². The van der Waals surface area contributed by atoms with Crippen molar-refractivity contribution in [3.8, 4) is 12.3 Å². The van der Waals surface area contributed by atoms with Crippen LogP contribution >= 0.6 is 0 Å². The average molecular weight is 336 g/mol. The lowest BCUT2D eigenvalue weighted by molar-refractivity contribution is -0.121. The van der Waals surface area contributed by atoms with Crippen LogP contribution in [0.3, 0.4) is 0 Å². The van der Waals surface area contributed by atoms with Crippen molar-refractivity contribution in [2.75, 3.05) is 0 Å². The van der Waals surface area contributed by atoms with E-state index >= 15 is 0 Å². The summed E-state index contributed by atoms with van der Waals surface area (Å²) in [5, 5.41) is 15.4. The van der Waals surface area contributed by atoms with Crippen molar-refractivity contribution in [2.45, 2.75) is 37.4 Å². The highest BCUT2D eigenvalue weighted by atomic mass is 16.1. The minimum Gasteiger partial charge on any atom is -0.344 e. The molecule has 1 atom stereocenters. The lowest BCUT2D eigenvalue weighted by Crippen LogP contribution is -2.31. The Bertz CT molecular complexity index is 798. The third-order valence-electron chi connectivity index (χ3n) is 4.28. The van der Waals surface area contributed by atoms with Crippen LogP contribution in [0.5, 0.6) is 0 Å². The van der Waals surface area contributed by atoms with Gasteiger partial charge in [-0.15, -0.1) is 12.3 Å². The van der Waals surface area contributed by atoms with Gasteiger partial charge >= 0.3 is 0 Å². The number of aryl methyl sites for hydroxylation is 1. The van der Waals surface area contributed by atoms with Gasteiger partial charge in [0.15, 0.2) is 5.66 Å². The molecule has 0 saturated carbocycles. The van der Waals surface area contributed by atoms with E-state index < -0.39 is 5.66 Å². The van der Waals surface area contributed by atoms with Crippen molar-refractivity contribution >= 4 is 5.91 Å². The van der Waals surface area contributed by atoms with Crippen molar-refractivity contribution < 1.29 is 4.79 Å². The molecule has 0 spiro atoms. The van der Waals surface area contributed by atoms with Gasteiger partial charge in [0, 0.05) is 51.3 Å². The Morgan fingerprint density at radius 3 is 2.80 bits per heavy atom. The smallest absolute Gasteiger partial charge is 0.220 e. The summed E-state index contributed by atoms with van der Waals surface area (Å²) in [5.41, 5.74) is 1.35. The van der Waals surface area contributed by atoms with E-state index in [1.54, 1.807) is 23.3 Å². The van der Waals surface area contributed by atoms with E-state index in [4.69, 9.17) is 6.42 Å².